The summed E-state index contributed by atoms with van der Waals surface area (Å²) in [5.41, 5.74) is -0.674. The second-order valence-electron chi connectivity index (χ2n) is 7.78. The number of halogens is 3. The van der Waals surface area contributed by atoms with Crippen LogP contribution >= 0.6 is 0 Å². The molecule has 3 aromatic carbocycles. The molecule has 0 aliphatic carbocycles. The number of nitrogens with one attached hydrogen (secondary N) is 1. The molecule has 1 amide bonds. The molecular formula is C25H25F3N2O5S. The number of hydrogen-bond acceptors (Lipinski definition) is 5. The van der Waals surface area contributed by atoms with E-state index in [0.29, 0.717) is 27.4 Å². The van der Waals surface area contributed by atoms with E-state index in [2.05, 4.69) is 5.32 Å². The number of rotatable bonds is 9. The number of anilines is 1. The Morgan fingerprint density at radius 3 is 2.22 bits per heavy atom. The van der Waals surface area contributed by atoms with Gasteiger partial charge in [-0.1, -0.05) is 30.3 Å². The van der Waals surface area contributed by atoms with Crippen LogP contribution in [0.1, 0.15) is 24.1 Å². The van der Waals surface area contributed by atoms with E-state index in [1.165, 1.54) is 44.6 Å². The molecule has 1 atom stereocenters. The number of sulfonamides is 1. The zero-order valence-corrected chi connectivity index (χ0v) is 20.6. The standard InChI is InChI=1S/C25H25F3N2O5S/c1-17(18-12-13-22(34-2)23(14-18)35-3)29-24(31)16-30(36(32,33)21-10-5-4-6-11-21)20-9-7-8-19(15-20)25(26,27)28/h4-15,17H,16H2,1-3H3,(H,29,31)/t17-/m1/s1. The Balaban J connectivity index is 1.93. The van der Waals surface area contributed by atoms with Crippen molar-refractivity contribution in [1.29, 1.82) is 0 Å². The molecule has 3 aromatic rings. The van der Waals surface area contributed by atoms with Crippen LogP contribution in [0.5, 0.6) is 11.5 Å². The largest absolute Gasteiger partial charge is 0.493 e. The Labute approximate surface area is 207 Å². The highest BCUT2D eigenvalue weighted by Gasteiger charge is 2.33. The molecule has 1 N–H and O–H groups in total. The molecule has 0 heterocycles. The molecule has 0 aliphatic heterocycles. The Bertz CT molecular complexity index is 1310. The quantitative estimate of drug-likeness (QED) is 0.437. The van der Waals surface area contributed by atoms with Gasteiger partial charge in [0, 0.05) is 0 Å². The van der Waals surface area contributed by atoms with Crippen LogP contribution in [0.2, 0.25) is 0 Å². The van der Waals surface area contributed by atoms with Crippen LogP contribution in [-0.2, 0) is 21.0 Å². The highest BCUT2D eigenvalue weighted by Crippen LogP contribution is 2.33. The number of methoxy groups -OCH3 is 2. The first-order chi connectivity index (χ1) is 17.0. The predicted molar refractivity (Wildman–Crippen MR) is 129 cm³/mol. The number of alkyl halides is 3. The van der Waals surface area contributed by atoms with Crippen molar-refractivity contribution in [2.45, 2.75) is 24.0 Å². The molecule has 0 bridgehead atoms. The van der Waals surface area contributed by atoms with Gasteiger partial charge in [0.1, 0.15) is 6.54 Å². The first kappa shape index (κ1) is 26.9. The third kappa shape index (κ3) is 6.09. The minimum atomic E-state index is -4.69. The average Bonchev–Trinajstić information content (AvgIpc) is 2.86. The van der Waals surface area contributed by atoms with E-state index in [1.807, 2.05) is 0 Å². The lowest BCUT2D eigenvalue weighted by Gasteiger charge is -2.26. The van der Waals surface area contributed by atoms with Crippen LogP contribution in [0.3, 0.4) is 0 Å². The van der Waals surface area contributed by atoms with E-state index < -0.39 is 40.3 Å². The molecule has 3 rings (SSSR count). The van der Waals surface area contributed by atoms with Crippen LogP contribution in [0.4, 0.5) is 18.9 Å². The minimum absolute atomic E-state index is 0.164. The fourth-order valence-electron chi connectivity index (χ4n) is 3.50. The molecule has 0 unspecified atom stereocenters. The zero-order chi connectivity index (χ0) is 26.5. The minimum Gasteiger partial charge on any atom is -0.493 e. The van der Waals surface area contributed by atoms with Gasteiger partial charge >= 0.3 is 6.18 Å². The summed E-state index contributed by atoms with van der Waals surface area (Å²) in [4.78, 5) is 12.8. The molecule has 192 valence electrons. The van der Waals surface area contributed by atoms with Crippen molar-refractivity contribution in [1.82, 2.24) is 5.32 Å². The lowest BCUT2D eigenvalue weighted by molar-refractivity contribution is -0.137. The number of carbonyl (C=O) groups excluding carboxylic acids is 1. The van der Waals surface area contributed by atoms with E-state index in [-0.39, 0.29) is 10.6 Å². The van der Waals surface area contributed by atoms with Gasteiger partial charge in [0.2, 0.25) is 5.91 Å². The predicted octanol–water partition coefficient (Wildman–Crippen LogP) is 4.80. The summed E-state index contributed by atoms with van der Waals surface area (Å²) in [7, 11) is -1.41. The van der Waals surface area contributed by atoms with E-state index in [4.69, 9.17) is 9.47 Å². The van der Waals surface area contributed by atoms with Crippen molar-refractivity contribution in [3.63, 3.8) is 0 Å². The maximum atomic E-state index is 13.4. The second kappa shape index (κ2) is 10.9. The molecule has 0 aliphatic rings. The monoisotopic (exact) mass is 522 g/mol. The Morgan fingerprint density at radius 1 is 0.944 bits per heavy atom. The van der Waals surface area contributed by atoms with E-state index in [0.717, 1.165) is 12.1 Å². The van der Waals surface area contributed by atoms with Gasteiger partial charge in [-0.2, -0.15) is 13.2 Å². The molecule has 11 heteroatoms. The maximum absolute atomic E-state index is 13.4. The smallest absolute Gasteiger partial charge is 0.416 e. The maximum Gasteiger partial charge on any atom is 0.416 e. The van der Waals surface area contributed by atoms with Gasteiger partial charge in [-0.3, -0.25) is 9.10 Å². The summed E-state index contributed by atoms with van der Waals surface area (Å²) in [6.45, 7) is 0.940. The van der Waals surface area contributed by atoms with Gasteiger partial charge in [0.05, 0.1) is 36.4 Å². The van der Waals surface area contributed by atoms with E-state index in [9.17, 15) is 26.4 Å². The number of benzene rings is 3. The summed E-state index contributed by atoms with van der Waals surface area (Å²) in [6.07, 6.45) is -4.69. The molecule has 0 saturated heterocycles. The average molecular weight is 523 g/mol. The Hall–Kier alpha value is -3.73. The molecule has 7 nitrogen and oxygen atoms in total. The molecule has 0 fully saturated rings. The third-order valence-corrected chi connectivity index (χ3v) is 7.15. The summed E-state index contributed by atoms with van der Waals surface area (Å²) in [6, 6.07) is 15.5. The number of amides is 1. The first-order valence-corrected chi connectivity index (χ1v) is 12.2. The molecule has 0 aromatic heterocycles. The van der Waals surface area contributed by atoms with Gasteiger partial charge in [0.25, 0.3) is 10.0 Å². The van der Waals surface area contributed by atoms with Crippen molar-refractivity contribution in [2.75, 3.05) is 25.1 Å². The number of carbonyl (C=O) groups is 1. The molecule has 36 heavy (non-hydrogen) atoms. The Morgan fingerprint density at radius 2 is 1.61 bits per heavy atom. The fourth-order valence-corrected chi connectivity index (χ4v) is 4.93. The van der Waals surface area contributed by atoms with Crippen molar-refractivity contribution in [3.8, 4) is 11.5 Å². The Kier molecular flexibility index (Phi) is 8.13. The summed E-state index contributed by atoms with van der Waals surface area (Å²) >= 11 is 0. The van der Waals surface area contributed by atoms with Crippen LogP contribution in [-0.4, -0.2) is 35.1 Å². The second-order valence-corrected chi connectivity index (χ2v) is 9.64. The molecule has 0 saturated carbocycles. The van der Waals surface area contributed by atoms with Gasteiger partial charge in [0.15, 0.2) is 11.5 Å². The highest BCUT2D eigenvalue weighted by molar-refractivity contribution is 7.92. The van der Waals surface area contributed by atoms with Crippen LogP contribution < -0.4 is 19.1 Å². The highest BCUT2D eigenvalue weighted by atomic mass is 32.2. The lowest BCUT2D eigenvalue weighted by atomic mass is 10.1. The summed E-state index contributed by atoms with van der Waals surface area (Å²) < 4.78 is 77.8. The van der Waals surface area contributed by atoms with Crippen molar-refractivity contribution in [2.24, 2.45) is 0 Å². The van der Waals surface area contributed by atoms with Crippen molar-refractivity contribution < 1.29 is 35.9 Å². The van der Waals surface area contributed by atoms with Crippen LogP contribution in [0.15, 0.2) is 77.7 Å². The number of nitrogens with zero attached hydrogens (tertiary/aromatic N) is 1. The van der Waals surface area contributed by atoms with Crippen LogP contribution in [0, 0.1) is 0 Å². The van der Waals surface area contributed by atoms with Gasteiger partial charge in [-0.05, 0) is 55.0 Å². The number of ether oxygens (including phenoxy) is 2. The zero-order valence-electron chi connectivity index (χ0n) is 19.7. The summed E-state index contributed by atoms with van der Waals surface area (Å²) in [5.74, 6) is 0.215. The molecular weight excluding hydrogens is 497 g/mol. The van der Waals surface area contributed by atoms with Crippen molar-refractivity contribution >= 4 is 21.6 Å². The normalized spacial score (nSPS) is 12.5. The molecule has 0 radical (unpaired) electrons. The SMILES string of the molecule is COc1ccc([C@@H](C)NC(=O)CN(c2cccc(C(F)(F)F)c2)S(=O)(=O)c2ccccc2)cc1OC. The number of hydrogen-bond donors (Lipinski definition) is 1. The van der Waals surface area contributed by atoms with Gasteiger partial charge < -0.3 is 14.8 Å². The van der Waals surface area contributed by atoms with Gasteiger partial charge in [-0.25, -0.2) is 8.42 Å². The topological polar surface area (TPSA) is 84.9 Å². The fraction of sp³-hybridized carbons (Fsp3) is 0.240. The summed E-state index contributed by atoms with van der Waals surface area (Å²) in [5, 5.41) is 2.69. The third-order valence-electron chi connectivity index (χ3n) is 5.36. The van der Waals surface area contributed by atoms with Gasteiger partial charge in [-0.15, -0.1) is 0 Å². The van der Waals surface area contributed by atoms with E-state index >= 15 is 0 Å². The first-order valence-electron chi connectivity index (χ1n) is 10.7. The van der Waals surface area contributed by atoms with E-state index in [1.54, 1.807) is 31.2 Å². The lowest BCUT2D eigenvalue weighted by Crippen LogP contribution is -2.41. The molecule has 0 spiro atoms. The van der Waals surface area contributed by atoms with Crippen molar-refractivity contribution in [3.05, 3.63) is 83.9 Å². The van der Waals surface area contributed by atoms with Crippen LogP contribution in [0.25, 0.3) is 0 Å².